The number of hydrogen-bond donors (Lipinski definition) is 3. The standard InChI is InChI=1S/C11H22N4O2/c1-7(12)9-4-3-5-15(6-9)8(2)10(16)14-11(13)17/h7-9H,3-6,12H2,1-2H3,(H3,13,14,16,17). The minimum atomic E-state index is -0.803. The summed E-state index contributed by atoms with van der Waals surface area (Å²) in [5.41, 5.74) is 10.8. The van der Waals surface area contributed by atoms with Crippen molar-refractivity contribution in [3.8, 4) is 0 Å². The number of carbonyl (C=O) groups is 2. The summed E-state index contributed by atoms with van der Waals surface area (Å²) in [4.78, 5) is 24.3. The molecule has 0 saturated carbocycles. The van der Waals surface area contributed by atoms with Gasteiger partial charge in [-0.1, -0.05) is 0 Å². The highest BCUT2D eigenvalue weighted by Crippen LogP contribution is 2.20. The van der Waals surface area contributed by atoms with Crippen molar-refractivity contribution in [1.29, 1.82) is 0 Å². The third kappa shape index (κ3) is 3.98. The summed E-state index contributed by atoms with van der Waals surface area (Å²) in [5.74, 6) is 0.0652. The molecule has 0 bridgehead atoms. The summed E-state index contributed by atoms with van der Waals surface area (Å²) in [7, 11) is 0. The van der Waals surface area contributed by atoms with Crippen LogP contribution in [0.1, 0.15) is 26.7 Å². The van der Waals surface area contributed by atoms with E-state index in [2.05, 4.69) is 10.2 Å². The van der Waals surface area contributed by atoms with E-state index in [0.29, 0.717) is 5.92 Å². The van der Waals surface area contributed by atoms with Gasteiger partial charge in [0.2, 0.25) is 5.91 Å². The first-order valence-corrected chi connectivity index (χ1v) is 6.01. The maximum Gasteiger partial charge on any atom is 0.318 e. The van der Waals surface area contributed by atoms with Crippen LogP contribution in [-0.2, 0) is 4.79 Å². The van der Waals surface area contributed by atoms with E-state index in [-0.39, 0.29) is 18.0 Å². The largest absolute Gasteiger partial charge is 0.351 e. The number of amides is 3. The van der Waals surface area contributed by atoms with E-state index in [0.717, 1.165) is 25.9 Å². The van der Waals surface area contributed by atoms with Gasteiger partial charge in [-0.25, -0.2) is 4.79 Å². The van der Waals surface area contributed by atoms with Gasteiger partial charge in [-0.15, -0.1) is 0 Å². The Kier molecular flexibility index (Phi) is 4.89. The van der Waals surface area contributed by atoms with Gasteiger partial charge < -0.3 is 11.5 Å². The van der Waals surface area contributed by atoms with Gasteiger partial charge in [0.25, 0.3) is 0 Å². The first-order valence-electron chi connectivity index (χ1n) is 6.01. The van der Waals surface area contributed by atoms with Crippen molar-refractivity contribution in [3.05, 3.63) is 0 Å². The van der Waals surface area contributed by atoms with E-state index in [1.807, 2.05) is 6.92 Å². The monoisotopic (exact) mass is 242 g/mol. The fourth-order valence-corrected chi connectivity index (χ4v) is 2.21. The van der Waals surface area contributed by atoms with Crippen LogP contribution >= 0.6 is 0 Å². The molecular formula is C11H22N4O2. The average molecular weight is 242 g/mol. The number of nitrogens with two attached hydrogens (primary N) is 2. The Hall–Kier alpha value is -1.14. The molecule has 0 spiro atoms. The highest BCUT2D eigenvalue weighted by atomic mass is 16.2. The lowest BCUT2D eigenvalue weighted by Gasteiger charge is -2.37. The molecular weight excluding hydrogens is 220 g/mol. The lowest BCUT2D eigenvalue weighted by atomic mass is 9.91. The number of likely N-dealkylation sites (tertiary alicyclic amines) is 1. The molecule has 0 aromatic rings. The number of primary amides is 1. The number of carbonyl (C=O) groups excluding carboxylic acids is 2. The van der Waals surface area contributed by atoms with Crippen LogP contribution in [0.25, 0.3) is 0 Å². The van der Waals surface area contributed by atoms with Gasteiger partial charge in [-0.05, 0) is 39.2 Å². The molecule has 0 aromatic heterocycles. The summed E-state index contributed by atoms with van der Waals surface area (Å²) < 4.78 is 0. The van der Waals surface area contributed by atoms with Crippen molar-refractivity contribution in [3.63, 3.8) is 0 Å². The van der Waals surface area contributed by atoms with E-state index in [4.69, 9.17) is 11.5 Å². The Morgan fingerprint density at radius 2 is 2.06 bits per heavy atom. The third-order valence-electron chi connectivity index (χ3n) is 3.41. The third-order valence-corrected chi connectivity index (χ3v) is 3.41. The normalized spacial score (nSPS) is 25.0. The second-order valence-corrected chi connectivity index (χ2v) is 4.79. The Labute approximate surface area is 102 Å². The van der Waals surface area contributed by atoms with Crippen LogP contribution in [0.4, 0.5) is 4.79 Å². The van der Waals surface area contributed by atoms with Crippen molar-refractivity contribution in [2.45, 2.75) is 38.8 Å². The Morgan fingerprint density at radius 3 is 2.59 bits per heavy atom. The zero-order chi connectivity index (χ0) is 13.0. The lowest BCUT2D eigenvalue weighted by molar-refractivity contribution is -0.125. The number of hydrogen-bond acceptors (Lipinski definition) is 4. The van der Waals surface area contributed by atoms with Crippen molar-refractivity contribution >= 4 is 11.9 Å². The molecule has 1 heterocycles. The zero-order valence-electron chi connectivity index (χ0n) is 10.5. The molecule has 1 rings (SSSR count). The Bertz CT molecular complexity index is 293. The van der Waals surface area contributed by atoms with Gasteiger partial charge in [0.15, 0.2) is 0 Å². The number of urea groups is 1. The van der Waals surface area contributed by atoms with E-state index in [9.17, 15) is 9.59 Å². The number of rotatable bonds is 3. The van der Waals surface area contributed by atoms with Gasteiger partial charge >= 0.3 is 6.03 Å². The summed E-state index contributed by atoms with van der Waals surface area (Å²) in [5, 5.41) is 2.11. The molecule has 0 radical (unpaired) electrons. The number of nitrogens with one attached hydrogen (secondary N) is 1. The molecule has 3 atom stereocenters. The smallest absolute Gasteiger partial charge is 0.318 e. The summed E-state index contributed by atoms with van der Waals surface area (Å²) in [6, 6.07) is -1.02. The van der Waals surface area contributed by atoms with Gasteiger partial charge in [0.05, 0.1) is 6.04 Å². The molecule has 6 heteroatoms. The zero-order valence-corrected chi connectivity index (χ0v) is 10.5. The molecule has 3 amide bonds. The molecule has 6 nitrogen and oxygen atoms in total. The lowest BCUT2D eigenvalue weighted by Crippen LogP contribution is -2.52. The van der Waals surface area contributed by atoms with E-state index >= 15 is 0 Å². The maximum absolute atomic E-state index is 11.6. The Balaban J connectivity index is 2.53. The molecule has 3 unspecified atom stereocenters. The second kappa shape index (κ2) is 5.97. The Morgan fingerprint density at radius 1 is 1.41 bits per heavy atom. The second-order valence-electron chi connectivity index (χ2n) is 4.79. The van der Waals surface area contributed by atoms with Crippen LogP contribution in [-0.4, -0.2) is 42.0 Å². The van der Waals surface area contributed by atoms with Crippen LogP contribution < -0.4 is 16.8 Å². The average Bonchev–Trinajstić information content (AvgIpc) is 2.27. The highest BCUT2D eigenvalue weighted by molar-refractivity contribution is 5.96. The van der Waals surface area contributed by atoms with Gasteiger partial charge in [-0.2, -0.15) is 0 Å². The first kappa shape index (κ1) is 13.9. The predicted molar refractivity (Wildman–Crippen MR) is 65.1 cm³/mol. The summed E-state index contributed by atoms with van der Waals surface area (Å²) in [6.45, 7) is 5.42. The maximum atomic E-state index is 11.6. The van der Waals surface area contributed by atoms with Gasteiger partial charge in [-0.3, -0.25) is 15.0 Å². The minimum Gasteiger partial charge on any atom is -0.351 e. The van der Waals surface area contributed by atoms with Crippen LogP contribution in [0, 0.1) is 5.92 Å². The summed E-state index contributed by atoms with van der Waals surface area (Å²) in [6.07, 6.45) is 2.12. The first-order chi connectivity index (χ1) is 7.91. The van der Waals surface area contributed by atoms with Gasteiger partial charge in [0.1, 0.15) is 0 Å². The van der Waals surface area contributed by atoms with Crippen molar-refractivity contribution in [2.24, 2.45) is 17.4 Å². The molecule has 0 aromatic carbocycles. The molecule has 1 aliphatic rings. The van der Waals surface area contributed by atoms with E-state index in [1.54, 1.807) is 6.92 Å². The number of piperidine rings is 1. The van der Waals surface area contributed by atoms with Crippen molar-refractivity contribution < 1.29 is 9.59 Å². The molecule has 5 N–H and O–H groups in total. The van der Waals surface area contributed by atoms with Crippen molar-refractivity contribution in [1.82, 2.24) is 10.2 Å². The number of imide groups is 1. The molecule has 0 aliphatic carbocycles. The van der Waals surface area contributed by atoms with Crippen LogP contribution in [0.15, 0.2) is 0 Å². The van der Waals surface area contributed by atoms with Crippen LogP contribution in [0.2, 0.25) is 0 Å². The predicted octanol–water partition coefficient (Wildman–Crippen LogP) is -0.371. The topological polar surface area (TPSA) is 101 Å². The molecule has 1 fully saturated rings. The number of nitrogens with zero attached hydrogens (tertiary/aromatic N) is 1. The van der Waals surface area contributed by atoms with E-state index in [1.165, 1.54) is 0 Å². The molecule has 1 saturated heterocycles. The minimum absolute atomic E-state index is 0.129. The van der Waals surface area contributed by atoms with Crippen molar-refractivity contribution in [2.75, 3.05) is 13.1 Å². The SMILES string of the molecule is CC(N)C1CCCN(C(C)C(=O)NC(N)=O)C1. The fraction of sp³-hybridized carbons (Fsp3) is 0.818. The molecule has 98 valence electrons. The quantitative estimate of drug-likeness (QED) is 0.628. The van der Waals surface area contributed by atoms with Gasteiger partial charge in [0, 0.05) is 12.6 Å². The van der Waals surface area contributed by atoms with Crippen LogP contribution in [0.5, 0.6) is 0 Å². The van der Waals surface area contributed by atoms with E-state index < -0.39 is 6.03 Å². The highest BCUT2D eigenvalue weighted by Gasteiger charge is 2.29. The van der Waals surface area contributed by atoms with Crippen LogP contribution in [0.3, 0.4) is 0 Å². The molecule has 1 aliphatic heterocycles. The summed E-state index contributed by atoms with van der Waals surface area (Å²) >= 11 is 0. The fourth-order valence-electron chi connectivity index (χ4n) is 2.21. The molecule has 17 heavy (non-hydrogen) atoms.